The normalized spacial score (nSPS) is 15.6. The van der Waals surface area contributed by atoms with Crippen LogP contribution in [0.4, 0.5) is 0 Å². The van der Waals surface area contributed by atoms with E-state index in [2.05, 4.69) is 55.2 Å². The van der Waals surface area contributed by atoms with Gasteiger partial charge in [-0.25, -0.2) is 4.79 Å². The fourth-order valence-electron chi connectivity index (χ4n) is 2.86. The van der Waals surface area contributed by atoms with Gasteiger partial charge in [0.05, 0.1) is 19.9 Å². The highest BCUT2D eigenvalue weighted by molar-refractivity contribution is 5.86. The number of rotatable bonds is 6. The van der Waals surface area contributed by atoms with Crippen LogP contribution >= 0.6 is 12.4 Å². The summed E-state index contributed by atoms with van der Waals surface area (Å²) in [6, 6.07) is 10.6. The topological polar surface area (TPSA) is 63.5 Å². The molecule has 0 aliphatic carbocycles. The van der Waals surface area contributed by atoms with Crippen LogP contribution in [0, 0.1) is 0 Å². The molecule has 0 spiro atoms. The maximum Gasteiger partial charge on any atom is 0.360 e. The minimum Gasteiger partial charge on any atom is -0.464 e. The van der Waals surface area contributed by atoms with Crippen molar-refractivity contribution in [3.05, 3.63) is 47.8 Å². The number of carbonyl (C=O) groups is 1. The molecule has 1 aromatic heterocycles. The smallest absolute Gasteiger partial charge is 0.360 e. The van der Waals surface area contributed by atoms with Crippen LogP contribution in [0.3, 0.4) is 0 Å². The lowest BCUT2D eigenvalue weighted by molar-refractivity contribution is 0.0594. The highest BCUT2D eigenvalue weighted by atomic mass is 35.5. The highest BCUT2D eigenvalue weighted by Crippen LogP contribution is 2.08. The Balaban J connectivity index is 0.00000225. The van der Waals surface area contributed by atoms with Crippen LogP contribution in [0.15, 0.2) is 36.5 Å². The van der Waals surface area contributed by atoms with Crippen molar-refractivity contribution in [2.45, 2.75) is 13.1 Å². The second-order valence-corrected chi connectivity index (χ2v) is 5.96. The van der Waals surface area contributed by atoms with Crippen LogP contribution in [-0.4, -0.2) is 70.6 Å². The number of methoxy groups -OCH3 is 1. The molecule has 0 bridgehead atoms. The number of aromatic nitrogens is 3. The van der Waals surface area contributed by atoms with Gasteiger partial charge in [0, 0.05) is 39.3 Å². The number of carbonyl (C=O) groups excluding carboxylic acids is 1. The van der Waals surface area contributed by atoms with Crippen LogP contribution in [0.25, 0.3) is 0 Å². The Kier molecular flexibility index (Phi) is 7.36. The minimum absolute atomic E-state index is 0. The van der Waals surface area contributed by atoms with E-state index in [1.807, 2.05) is 0 Å². The first-order chi connectivity index (χ1) is 11.7. The van der Waals surface area contributed by atoms with E-state index in [1.165, 1.54) is 12.7 Å². The molecule has 0 amide bonds. The summed E-state index contributed by atoms with van der Waals surface area (Å²) >= 11 is 0. The van der Waals surface area contributed by atoms with Crippen molar-refractivity contribution in [2.75, 3.05) is 39.8 Å². The third-order valence-electron chi connectivity index (χ3n) is 4.29. The zero-order chi connectivity index (χ0) is 16.8. The van der Waals surface area contributed by atoms with Crippen LogP contribution in [0.5, 0.6) is 0 Å². The first kappa shape index (κ1) is 19.4. The van der Waals surface area contributed by atoms with Crippen molar-refractivity contribution < 1.29 is 9.53 Å². The van der Waals surface area contributed by atoms with E-state index in [9.17, 15) is 4.79 Å². The molecule has 1 aliphatic rings. The molecule has 1 fully saturated rings. The lowest BCUT2D eigenvalue weighted by Gasteiger charge is -2.34. The van der Waals surface area contributed by atoms with E-state index >= 15 is 0 Å². The molecule has 0 saturated carbocycles. The number of benzene rings is 1. The van der Waals surface area contributed by atoms with Gasteiger partial charge in [0.25, 0.3) is 0 Å². The predicted octanol–water partition coefficient (Wildman–Crippen LogP) is 1.30. The highest BCUT2D eigenvalue weighted by Gasteiger charge is 2.17. The van der Waals surface area contributed by atoms with Crippen molar-refractivity contribution in [1.82, 2.24) is 24.8 Å². The van der Waals surface area contributed by atoms with Crippen molar-refractivity contribution in [1.29, 1.82) is 0 Å². The van der Waals surface area contributed by atoms with Gasteiger partial charge in [0.1, 0.15) is 0 Å². The molecule has 1 aliphatic heterocycles. The molecule has 1 saturated heterocycles. The lowest BCUT2D eigenvalue weighted by atomic mass is 10.2. The van der Waals surface area contributed by atoms with Crippen molar-refractivity contribution >= 4 is 18.4 Å². The molecule has 8 heteroatoms. The molecule has 0 unspecified atom stereocenters. The Hall–Kier alpha value is -1.96. The Bertz CT molecular complexity index is 656. The van der Waals surface area contributed by atoms with Gasteiger partial charge in [-0.1, -0.05) is 35.5 Å². The molecule has 2 aromatic rings. The van der Waals surface area contributed by atoms with E-state index < -0.39 is 5.97 Å². The minimum atomic E-state index is -0.448. The van der Waals surface area contributed by atoms with Crippen LogP contribution < -0.4 is 0 Å². The zero-order valence-corrected chi connectivity index (χ0v) is 15.2. The third kappa shape index (κ3) is 5.52. The summed E-state index contributed by atoms with van der Waals surface area (Å²) in [5.41, 5.74) is 1.62. The van der Waals surface area contributed by atoms with Crippen molar-refractivity contribution in [2.24, 2.45) is 0 Å². The van der Waals surface area contributed by atoms with Gasteiger partial charge in [-0.15, -0.1) is 17.5 Å². The molecule has 0 N–H and O–H groups in total. The average molecular weight is 366 g/mol. The van der Waals surface area contributed by atoms with E-state index in [-0.39, 0.29) is 18.1 Å². The van der Waals surface area contributed by atoms with Crippen molar-refractivity contribution in [3.8, 4) is 0 Å². The summed E-state index contributed by atoms with van der Waals surface area (Å²) in [5.74, 6) is -0.448. The summed E-state index contributed by atoms with van der Waals surface area (Å²) in [6.45, 7) is 6.88. The Morgan fingerprint density at radius 3 is 2.44 bits per heavy atom. The van der Waals surface area contributed by atoms with Gasteiger partial charge in [-0.3, -0.25) is 14.5 Å². The van der Waals surface area contributed by atoms with Gasteiger partial charge in [-0.05, 0) is 5.56 Å². The molecule has 3 rings (SSSR count). The number of ether oxygens (including phenoxy) is 1. The van der Waals surface area contributed by atoms with Crippen LogP contribution in [0.2, 0.25) is 0 Å². The first-order valence-corrected chi connectivity index (χ1v) is 8.21. The zero-order valence-electron chi connectivity index (χ0n) is 14.4. The maximum atomic E-state index is 11.4. The summed E-state index contributed by atoms with van der Waals surface area (Å²) < 4.78 is 6.33. The second kappa shape index (κ2) is 9.50. The maximum absolute atomic E-state index is 11.4. The van der Waals surface area contributed by atoms with E-state index in [4.69, 9.17) is 0 Å². The molecule has 7 nitrogen and oxygen atoms in total. The summed E-state index contributed by atoms with van der Waals surface area (Å²) in [6.07, 6.45) is 1.64. The first-order valence-electron chi connectivity index (χ1n) is 8.21. The number of nitrogens with zero attached hydrogens (tertiary/aromatic N) is 5. The molecule has 136 valence electrons. The van der Waals surface area contributed by atoms with E-state index in [1.54, 1.807) is 10.9 Å². The summed E-state index contributed by atoms with van der Waals surface area (Å²) in [4.78, 5) is 16.3. The molecule has 2 heterocycles. The Labute approximate surface area is 154 Å². The number of halogens is 1. The molecular weight excluding hydrogens is 342 g/mol. The number of esters is 1. The second-order valence-electron chi connectivity index (χ2n) is 5.96. The number of piperazine rings is 1. The number of hydrogen-bond donors (Lipinski definition) is 0. The van der Waals surface area contributed by atoms with Crippen LogP contribution in [0.1, 0.15) is 16.1 Å². The average Bonchev–Trinajstić information content (AvgIpc) is 3.10. The van der Waals surface area contributed by atoms with E-state index in [0.717, 1.165) is 45.8 Å². The molecule has 25 heavy (non-hydrogen) atoms. The molecule has 1 aromatic carbocycles. The third-order valence-corrected chi connectivity index (χ3v) is 4.29. The Morgan fingerprint density at radius 2 is 1.76 bits per heavy atom. The van der Waals surface area contributed by atoms with E-state index in [0.29, 0.717) is 0 Å². The van der Waals surface area contributed by atoms with Gasteiger partial charge in [0.2, 0.25) is 0 Å². The van der Waals surface area contributed by atoms with Gasteiger partial charge in [0.15, 0.2) is 5.69 Å². The SMILES string of the molecule is COC(=O)c1cn(CCN2CCN(Cc3ccccc3)CC2)nn1.Cl. The predicted molar refractivity (Wildman–Crippen MR) is 96.8 cm³/mol. The lowest BCUT2D eigenvalue weighted by Crippen LogP contribution is -2.46. The fraction of sp³-hybridized carbons (Fsp3) is 0.471. The van der Waals surface area contributed by atoms with Gasteiger partial charge in [-0.2, -0.15) is 0 Å². The fourth-order valence-corrected chi connectivity index (χ4v) is 2.86. The van der Waals surface area contributed by atoms with Crippen LogP contribution in [-0.2, 0) is 17.8 Å². The summed E-state index contributed by atoms with van der Waals surface area (Å²) in [7, 11) is 1.34. The van der Waals surface area contributed by atoms with Gasteiger partial charge < -0.3 is 4.74 Å². The van der Waals surface area contributed by atoms with Crippen molar-refractivity contribution in [3.63, 3.8) is 0 Å². The number of hydrogen-bond acceptors (Lipinski definition) is 6. The largest absolute Gasteiger partial charge is 0.464 e. The molecular formula is C17H24ClN5O2. The Morgan fingerprint density at radius 1 is 1.08 bits per heavy atom. The standard InChI is InChI=1S/C17H23N5O2.ClH/c1-24-17(23)16-14-22(19-18-16)12-11-20-7-9-21(10-8-20)13-15-5-3-2-4-6-15;/h2-6,14H,7-13H2,1H3;1H. The van der Waals surface area contributed by atoms with Gasteiger partial charge >= 0.3 is 5.97 Å². The molecule has 0 radical (unpaired) electrons. The molecule has 0 atom stereocenters. The summed E-state index contributed by atoms with van der Waals surface area (Å²) in [5, 5.41) is 7.79. The monoisotopic (exact) mass is 365 g/mol. The quantitative estimate of drug-likeness (QED) is 0.719.